The quantitative estimate of drug-likeness (QED) is 0.446. The summed E-state index contributed by atoms with van der Waals surface area (Å²) < 4.78 is 11.2. The number of carbonyl (C=O) groups is 2. The van der Waals surface area contributed by atoms with E-state index in [2.05, 4.69) is 22.5 Å². The summed E-state index contributed by atoms with van der Waals surface area (Å²) in [6, 6.07) is 3.88. The van der Waals surface area contributed by atoms with Gasteiger partial charge in [-0.2, -0.15) is 5.26 Å². The first-order chi connectivity index (χ1) is 10.9. The van der Waals surface area contributed by atoms with Crippen molar-refractivity contribution in [2.45, 2.75) is 0 Å². The van der Waals surface area contributed by atoms with Gasteiger partial charge >= 0.3 is 6.03 Å². The molecule has 0 aliphatic rings. The molecular weight excluding hydrogens is 366 g/mol. The molecule has 0 saturated carbocycles. The topological polar surface area (TPSA) is 114 Å². The van der Waals surface area contributed by atoms with E-state index in [1.54, 1.807) is 24.3 Å². The van der Waals surface area contributed by atoms with Crippen molar-refractivity contribution >= 4 is 33.9 Å². The maximum atomic E-state index is 11.7. The second kappa shape index (κ2) is 8.60. The Morgan fingerprint density at radius 3 is 2.70 bits per heavy atom. The molecule has 0 saturated heterocycles. The molecule has 0 aromatic heterocycles. The fourth-order valence-electron chi connectivity index (χ4n) is 1.57. The van der Waals surface area contributed by atoms with E-state index in [9.17, 15) is 9.59 Å². The molecule has 0 aliphatic heterocycles. The molecule has 1 rings (SSSR count). The number of nitriles is 1. The number of ether oxygens (including phenoxy) is 2. The summed E-state index contributed by atoms with van der Waals surface area (Å²) in [5.41, 5.74) is 5.06. The van der Waals surface area contributed by atoms with Crippen LogP contribution in [0.5, 0.6) is 11.5 Å². The van der Waals surface area contributed by atoms with Gasteiger partial charge in [0.1, 0.15) is 18.2 Å². The molecule has 8 heteroatoms. The number of benzene rings is 1. The number of nitrogens with zero attached hydrogens (tertiary/aromatic N) is 1. The van der Waals surface area contributed by atoms with Crippen molar-refractivity contribution in [3.8, 4) is 17.6 Å². The number of imide groups is 1. The Morgan fingerprint density at radius 1 is 1.48 bits per heavy atom. The number of nitrogens with one attached hydrogen (secondary N) is 1. The SMILES string of the molecule is C=CCOc1cc(Br)c(/C=C(/C#N)C(=O)NC(N)=O)cc1OC. The number of nitrogens with two attached hydrogens (primary N) is 1. The van der Waals surface area contributed by atoms with Crippen LogP contribution in [-0.4, -0.2) is 25.7 Å². The Bertz CT molecular complexity index is 707. The lowest BCUT2D eigenvalue weighted by atomic mass is 10.1. The molecule has 7 nitrogen and oxygen atoms in total. The van der Waals surface area contributed by atoms with Crippen molar-refractivity contribution in [1.29, 1.82) is 5.26 Å². The molecule has 120 valence electrons. The Balaban J connectivity index is 3.23. The molecule has 23 heavy (non-hydrogen) atoms. The first-order valence-corrected chi connectivity index (χ1v) is 7.06. The average Bonchev–Trinajstić information content (AvgIpc) is 2.50. The number of methoxy groups -OCH3 is 1. The van der Waals surface area contributed by atoms with Crippen molar-refractivity contribution in [3.63, 3.8) is 0 Å². The number of amides is 3. The van der Waals surface area contributed by atoms with E-state index in [0.29, 0.717) is 28.1 Å². The Morgan fingerprint density at radius 2 is 2.17 bits per heavy atom. The van der Waals surface area contributed by atoms with Crippen molar-refractivity contribution in [2.75, 3.05) is 13.7 Å². The standard InChI is InChI=1S/C15H14BrN3O4/c1-3-4-23-13-7-11(16)9(6-12(13)22-2)5-10(8-17)14(20)19-15(18)21/h3,5-7H,1,4H2,2H3,(H3,18,19,20,21)/b10-5-. The predicted molar refractivity (Wildman–Crippen MR) is 87.7 cm³/mol. The van der Waals surface area contributed by atoms with Gasteiger partial charge in [0.15, 0.2) is 11.5 Å². The van der Waals surface area contributed by atoms with E-state index < -0.39 is 11.9 Å². The second-order valence-corrected chi connectivity index (χ2v) is 4.97. The number of halogens is 1. The van der Waals surface area contributed by atoms with Gasteiger partial charge in [-0.25, -0.2) is 4.79 Å². The fraction of sp³-hybridized carbons (Fsp3) is 0.133. The fourth-order valence-corrected chi connectivity index (χ4v) is 2.00. The van der Waals surface area contributed by atoms with E-state index in [4.69, 9.17) is 20.5 Å². The number of rotatable bonds is 6. The monoisotopic (exact) mass is 379 g/mol. The molecule has 0 fully saturated rings. The zero-order valence-corrected chi connectivity index (χ0v) is 13.8. The van der Waals surface area contributed by atoms with Gasteiger partial charge in [0.2, 0.25) is 0 Å². The number of urea groups is 1. The van der Waals surface area contributed by atoms with Gasteiger partial charge in [0, 0.05) is 4.47 Å². The third-order valence-electron chi connectivity index (χ3n) is 2.54. The third kappa shape index (κ3) is 5.16. The van der Waals surface area contributed by atoms with Gasteiger partial charge in [-0.1, -0.05) is 28.6 Å². The molecule has 0 aliphatic carbocycles. The largest absolute Gasteiger partial charge is 0.493 e. The lowest BCUT2D eigenvalue weighted by Crippen LogP contribution is -2.35. The highest BCUT2D eigenvalue weighted by Gasteiger charge is 2.14. The molecule has 0 bridgehead atoms. The summed E-state index contributed by atoms with van der Waals surface area (Å²) in [6.07, 6.45) is 2.88. The van der Waals surface area contributed by atoms with Gasteiger partial charge in [-0.15, -0.1) is 0 Å². The summed E-state index contributed by atoms with van der Waals surface area (Å²) in [5.74, 6) is -0.0109. The van der Waals surface area contributed by atoms with Crippen LogP contribution in [0.25, 0.3) is 6.08 Å². The van der Waals surface area contributed by atoms with Crippen LogP contribution < -0.4 is 20.5 Å². The van der Waals surface area contributed by atoms with Gasteiger partial charge < -0.3 is 15.2 Å². The lowest BCUT2D eigenvalue weighted by Gasteiger charge is -2.11. The molecule has 0 unspecified atom stereocenters. The average molecular weight is 380 g/mol. The molecule has 3 amide bonds. The Kier molecular flexibility index (Phi) is 6.83. The van der Waals surface area contributed by atoms with Crippen molar-refractivity contribution in [1.82, 2.24) is 5.32 Å². The predicted octanol–water partition coefficient (Wildman–Crippen LogP) is 2.12. The first kappa shape index (κ1) is 18.3. The number of primary amides is 1. The van der Waals surface area contributed by atoms with Crippen LogP contribution in [0.2, 0.25) is 0 Å². The highest BCUT2D eigenvalue weighted by Crippen LogP contribution is 2.34. The minimum atomic E-state index is -1.04. The van der Waals surface area contributed by atoms with E-state index in [1.165, 1.54) is 13.2 Å². The minimum Gasteiger partial charge on any atom is -0.493 e. The molecule has 3 N–H and O–H groups in total. The summed E-state index contributed by atoms with van der Waals surface area (Å²) >= 11 is 3.32. The normalized spacial score (nSPS) is 10.4. The maximum absolute atomic E-state index is 11.7. The Hall–Kier alpha value is -2.79. The summed E-state index contributed by atoms with van der Waals surface area (Å²) in [5, 5.41) is 10.9. The van der Waals surface area contributed by atoms with Gasteiger partial charge in [-0.05, 0) is 23.8 Å². The van der Waals surface area contributed by atoms with Gasteiger partial charge in [0.05, 0.1) is 7.11 Å². The zero-order valence-electron chi connectivity index (χ0n) is 12.3. The molecule has 0 atom stereocenters. The van der Waals surface area contributed by atoms with Crippen LogP contribution in [0, 0.1) is 11.3 Å². The van der Waals surface area contributed by atoms with Crippen LogP contribution in [0.15, 0.2) is 34.8 Å². The second-order valence-electron chi connectivity index (χ2n) is 4.11. The van der Waals surface area contributed by atoms with Crippen molar-refractivity contribution < 1.29 is 19.1 Å². The van der Waals surface area contributed by atoms with Crippen molar-refractivity contribution in [3.05, 3.63) is 40.4 Å². The Labute approximate surface area is 141 Å². The van der Waals surface area contributed by atoms with Crippen LogP contribution in [0.4, 0.5) is 4.79 Å². The zero-order chi connectivity index (χ0) is 17.4. The smallest absolute Gasteiger partial charge is 0.319 e. The molecule has 0 heterocycles. The van der Waals surface area contributed by atoms with Crippen LogP contribution in [0.3, 0.4) is 0 Å². The maximum Gasteiger partial charge on any atom is 0.319 e. The highest BCUT2D eigenvalue weighted by atomic mass is 79.9. The van der Waals surface area contributed by atoms with E-state index >= 15 is 0 Å². The molecular formula is C15H14BrN3O4. The molecule has 1 aromatic carbocycles. The van der Waals surface area contributed by atoms with Crippen LogP contribution in [0.1, 0.15) is 5.56 Å². The van der Waals surface area contributed by atoms with Gasteiger partial charge in [-0.3, -0.25) is 10.1 Å². The van der Waals surface area contributed by atoms with Crippen LogP contribution in [-0.2, 0) is 4.79 Å². The summed E-state index contributed by atoms with van der Waals surface area (Å²) in [6.45, 7) is 3.85. The first-order valence-electron chi connectivity index (χ1n) is 6.26. The number of hydrogen-bond donors (Lipinski definition) is 2. The van der Waals surface area contributed by atoms with E-state index in [0.717, 1.165) is 0 Å². The molecule has 1 aromatic rings. The summed E-state index contributed by atoms with van der Waals surface area (Å²) in [7, 11) is 1.46. The molecule has 0 spiro atoms. The summed E-state index contributed by atoms with van der Waals surface area (Å²) in [4.78, 5) is 22.4. The van der Waals surface area contributed by atoms with E-state index in [-0.39, 0.29) is 5.57 Å². The molecule has 0 radical (unpaired) electrons. The number of hydrogen-bond acceptors (Lipinski definition) is 5. The lowest BCUT2D eigenvalue weighted by molar-refractivity contribution is -0.115. The van der Waals surface area contributed by atoms with E-state index in [1.807, 2.05) is 5.32 Å². The third-order valence-corrected chi connectivity index (χ3v) is 3.23. The van der Waals surface area contributed by atoms with Crippen molar-refractivity contribution in [2.24, 2.45) is 5.73 Å². The number of carbonyl (C=O) groups excluding carboxylic acids is 2. The highest BCUT2D eigenvalue weighted by molar-refractivity contribution is 9.10. The van der Waals surface area contributed by atoms with Gasteiger partial charge in [0.25, 0.3) is 5.91 Å². The van der Waals surface area contributed by atoms with Crippen LogP contribution >= 0.6 is 15.9 Å². The minimum absolute atomic E-state index is 0.286.